The Morgan fingerprint density at radius 2 is 2.15 bits per heavy atom. The van der Waals surface area contributed by atoms with Crippen LogP contribution in [0.5, 0.6) is 0 Å². The molecule has 0 spiro atoms. The third-order valence-electron chi connectivity index (χ3n) is 3.33. The van der Waals surface area contributed by atoms with Crippen LogP contribution in [0.3, 0.4) is 0 Å². The largest absolute Gasteiger partial charge is 0.481 e. The summed E-state index contributed by atoms with van der Waals surface area (Å²) >= 11 is 0. The summed E-state index contributed by atoms with van der Waals surface area (Å²) in [5.74, 6) is 0.258. The van der Waals surface area contributed by atoms with Gasteiger partial charge in [0.25, 0.3) is 0 Å². The predicted octanol–water partition coefficient (Wildman–Crippen LogP) is 1.24. The van der Waals surface area contributed by atoms with Gasteiger partial charge in [0, 0.05) is 13.1 Å². The lowest BCUT2D eigenvalue weighted by atomic mass is 10.0. The van der Waals surface area contributed by atoms with Gasteiger partial charge in [-0.1, -0.05) is 0 Å². The Morgan fingerprint density at radius 3 is 2.62 bits per heavy atom. The summed E-state index contributed by atoms with van der Waals surface area (Å²) in [6.45, 7) is 1.68. The average Bonchev–Trinajstić information content (AvgIpc) is 2.88. The summed E-state index contributed by atoms with van der Waals surface area (Å²) in [5, 5.41) is 11.7. The van der Waals surface area contributed by atoms with Crippen molar-refractivity contribution < 1.29 is 9.90 Å². The Morgan fingerprint density at radius 1 is 1.46 bits per heavy atom. The number of hydrogen-bond donors (Lipinski definition) is 2. The highest BCUT2D eigenvalue weighted by molar-refractivity contribution is 5.66. The molecule has 0 amide bonds. The van der Waals surface area contributed by atoms with Gasteiger partial charge in [0.15, 0.2) is 0 Å². The lowest BCUT2D eigenvalue weighted by Gasteiger charge is -2.14. The van der Waals surface area contributed by atoms with Gasteiger partial charge in [0.1, 0.15) is 0 Å². The Kier molecular flexibility index (Phi) is 2.28. The van der Waals surface area contributed by atoms with Crippen LogP contribution in [-0.4, -0.2) is 24.2 Å². The van der Waals surface area contributed by atoms with Crippen LogP contribution in [0.25, 0.3) is 0 Å². The lowest BCUT2D eigenvalue weighted by molar-refractivity contribution is -0.136. The summed E-state index contributed by atoms with van der Waals surface area (Å²) in [6.07, 6.45) is 5.78. The van der Waals surface area contributed by atoms with E-state index in [2.05, 4.69) is 5.32 Å². The second-order valence-corrected chi connectivity index (χ2v) is 4.46. The minimum Gasteiger partial charge on any atom is -0.481 e. The first kappa shape index (κ1) is 9.00. The normalized spacial score (nSPS) is 24.3. The van der Waals surface area contributed by atoms with Crippen LogP contribution < -0.4 is 5.32 Å². The van der Waals surface area contributed by atoms with Crippen molar-refractivity contribution in [1.29, 1.82) is 0 Å². The number of carboxylic acid groups (broad SMARTS) is 1. The molecule has 0 unspecified atom stereocenters. The zero-order valence-corrected chi connectivity index (χ0v) is 7.88. The molecule has 0 bridgehead atoms. The van der Waals surface area contributed by atoms with Crippen LogP contribution in [0, 0.1) is 11.3 Å². The molecule has 2 fully saturated rings. The first-order valence-corrected chi connectivity index (χ1v) is 5.15. The van der Waals surface area contributed by atoms with Crippen LogP contribution in [0.2, 0.25) is 0 Å². The van der Waals surface area contributed by atoms with E-state index in [9.17, 15) is 4.79 Å². The fourth-order valence-electron chi connectivity index (χ4n) is 2.12. The van der Waals surface area contributed by atoms with Crippen LogP contribution >= 0.6 is 0 Å². The van der Waals surface area contributed by atoms with E-state index in [-0.39, 0.29) is 6.42 Å². The highest BCUT2D eigenvalue weighted by atomic mass is 16.4. The number of nitrogens with one attached hydrogen (secondary N) is 1. The summed E-state index contributed by atoms with van der Waals surface area (Å²) < 4.78 is 0. The van der Waals surface area contributed by atoms with Crippen molar-refractivity contribution in [1.82, 2.24) is 5.32 Å². The van der Waals surface area contributed by atoms with Crippen LogP contribution in [-0.2, 0) is 4.79 Å². The second-order valence-electron chi connectivity index (χ2n) is 4.46. The molecule has 0 atom stereocenters. The first-order chi connectivity index (χ1) is 6.23. The molecule has 0 aromatic carbocycles. The maximum Gasteiger partial charge on any atom is 0.304 e. The van der Waals surface area contributed by atoms with Gasteiger partial charge >= 0.3 is 5.97 Å². The van der Waals surface area contributed by atoms with E-state index in [1.165, 1.54) is 25.7 Å². The van der Waals surface area contributed by atoms with Gasteiger partial charge in [0.05, 0.1) is 6.42 Å². The Labute approximate surface area is 78.5 Å². The van der Waals surface area contributed by atoms with E-state index < -0.39 is 5.97 Å². The van der Waals surface area contributed by atoms with Gasteiger partial charge < -0.3 is 10.4 Å². The van der Waals surface area contributed by atoms with Gasteiger partial charge in [-0.25, -0.2) is 0 Å². The molecule has 0 heterocycles. The summed E-state index contributed by atoms with van der Waals surface area (Å²) in [4.78, 5) is 10.2. The predicted molar refractivity (Wildman–Crippen MR) is 49.5 cm³/mol. The second kappa shape index (κ2) is 3.29. The maximum atomic E-state index is 10.2. The summed E-state index contributed by atoms with van der Waals surface area (Å²) in [6, 6.07) is 0. The highest BCUT2D eigenvalue weighted by Crippen LogP contribution is 2.60. The maximum absolute atomic E-state index is 10.2. The first-order valence-electron chi connectivity index (χ1n) is 5.15. The fourth-order valence-corrected chi connectivity index (χ4v) is 2.12. The fraction of sp³-hybridized carbons (Fsp3) is 0.900. The van der Waals surface area contributed by atoms with Gasteiger partial charge in [-0.05, 0) is 37.0 Å². The molecule has 2 saturated carbocycles. The number of rotatable bonds is 6. The van der Waals surface area contributed by atoms with E-state index in [0.29, 0.717) is 12.0 Å². The molecule has 2 N–H and O–H groups in total. The summed E-state index contributed by atoms with van der Waals surface area (Å²) in [5.41, 5.74) is 0.596. The highest BCUT2D eigenvalue weighted by Gasteiger charge is 2.52. The third kappa shape index (κ3) is 2.21. The van der Waals surface area contributed by atoms with Gasteiger partial charge in [-0.3, -0.25) is 4.79 Å². The van der Waals surface area contributed by atoms with Crippen molar-refractivity contribution >= 4 is 5.97 Å². The number of carbonyl (C=O) groups is 1. The standard InChI is InChI=1S/C10H17NO2/c12-9(13)3-6-11-7-10(4-5-10)8-1-2-8/h8,11H,1-7H2,(H,12,13). The number of aliphatic carboxylic acids is 1. The Hall–Kier alpha value is -0.570. The van der Waals surface area contributed by atoms with Crippen molar-refractivity contribution in [2.75, 3.05) is 13.1 Å². The minimum atomic E-state index is -0.705. The van der Waals surface area contributed by atoms with E-state index >= 15 is 0 Å². The van der Waals surface area contributed by atoms with E-state index in [1.54, 1.807) is 0 Å². The minimum absolute atomic E-state index is 0.251. The van der Waals surface area contributed by atoms with Crippen LogP contribution in [0.1, 0.15) is 32.1 Å². The van der Waals surface area contributed by atoms with Crippen LogP contribution in [0.15, 0.2) is 0 Å². The van der Waals surface area contributed by atoms with Gasteiger partial charge in [-0.15, -0.1) is 0 Å². The third-order valence-corrected chi connectivity index (χ3v) is 3.33. The van der Waals surface area contributed by atoms with Crippen molar-refractivity contribution in [2.24, 2.45) is 11.3 Å². The smallest absolute Gasteiger partial charge is 0.304 e. The molecule has 0 saturated heterocycles. The summed E-state index contributed by atoms with van der Waals surface area (Å²) in [7, 11) is 0. The molecule has 0 radical (unpaired) electrons. The van der Waals surface area contributed by atoms with Gasteiger partial charge in [0.2, 0.25) is 0 Å². The molecule has 3 nitrogen and oxygen atoms in total. The zero-order valence-electron chi connectivity index (χ0n) is 7.88. The Balaban J connectivity index is 1.60. The molecule has 2 rings (SSSR count). The topological polar surface area (TPSA) is 49.3 Å². The molecule has 0 aromatic heterocycles. The molecule has 74 valence electrons. The van der Waals surface area contributed by atoms with E-state index in [0.717, 1.165) is 12.5 Å². The molecular weight excluding hydrogens is 166 g/mol. The van der Waals surface area contributed by atoms with Crippen molar-refractivity contribution in [2.45, 2.75) is 32.1 Å². The Bertz CT molecular complexity index is 207. The lowest BCUT2D eigenvalue weighted by Crippen LogP contribution is -2.27. The van der Waals surface area contributed by atoms with Crippen molar-refractivity contribution in [3.63, 3.8) is 0 Å². The van der Waals surface area contributed by atoms with Crippen molar-refractivity contribution in [3.05, 3.63) is 0 Å². The average molecular weight is 183 g/mol. The molecule has 3 heteroatoms. The quantitative estimate of drug-likeness (QED) is 0.609. The monoisotopic (exact) mass is 183 g/mol. The molecule has 0 aliphatic heterocycles. The SMILES string of the molecule is O=C(O)CCNCC1(C2CC2)CC1. The molecule has 2 aliphatic carbocycles. The number of hydrogen-bond acceptors (Lipinski definition) is 2. The van der Waals surface area contributed by atoms with E-state index in [1.807, 2.05) is 0 Å². The van der Waals surface area contributed by atoms with Crippen LogP contribution in [0.4, 0.5) is 0 Å². The number of carboxylic acids is 1. The zero-order chi connectivity index (χ0) is 9.31. The van der Waals surface area contributed by atoms with Crippen molar-refractivity contribution in [3.8, 4) is 0 Å². The molecule has 13 heavy (non-hydrogen) atoms. The van der Waals surface area contributed by atoms with Gasteiger partial charge in [-0.2, -0.15) is 0 Å². The van der Waals surface area contributed by atoms with E-state index in [4.69, 9.17) is 5.11 Å². The molecule has 0 aromatic rings. The molecule has 2 aliphatic rings. The molecular formula is C10H17NO2.